The van der Waals surface area contributed by atoms with Crippen molar-refractivity contribution < 1.29 is 4.79 Å². The van der Waals surface area contributed by atoms with Crippen molar-refractivity contribution in [1.82, 2.24) is 19.6 Å². The number of amides is 1. The van der Waals surface area contributed by atoms with E-state index in [-0.39, 0.29) is 5.91 Å². The Labute approximate surface area is 164 Å². The third-order valence-corrected chi connectivity index (χ3v) is 5.53. The van der Waals surface area contributed by atoms with E-state index in [4.69, 9.17) is 5.10 Å². The molecule has 2 fully saturated rings. The zero-order valence-corrected chi connectivity index (χ0v) is 16.3. The van der Waals surface area contributed by atoms with Crippen molar-refractivity contribution in [2.24, 2.45) is 0 Å². The van der Waals surface area contributed by atoms with E-state index in [1.165, 1.54) is 24.7 Å². The van der Waals surface area contributed by atoms with Crippen LogP contribution in [0, 0.1) is 0 Å². The maximum atomic E-state index is 12.3. The summed E-state index contributed by atoms with van der Waals surface area (Å²) in [5.74, 6) is 2.45. The van der Waals surface area contributed by atoms with Crippen molar-refractivity contribution in [2.75, 3.05) is 16.8 Å². The SMILES string of the molecule is O=C1CCCN1c1cc(C2CC2)cc2cc(CNc3cc(Br)ncn3)nn12. The summed E-state index contributed by atoms with van der Waals surface area (Å²) in [6, 6.07) is 8.27. The summed E-state index contributed by atoms with van der Waals surface area (Å²) in [4.78, 5) is 22.4. The predicted octanol–water partition coefficient (Wildman–Crippen LogP) is 3.50. The van der Waals surface area contributed by atoms with E-state index in [9.17, 15) is 4.79 Å². The van der Waals surface area contributed by atoms with E-state index in [2.05, 4.69) is 49.4 Å². The molecule has 1 aliphatic heterocycles. The summed E-state index contributed by atoms with van der Waals surface area (Å²) in [7, 11) is 0. The predicted molar refractivity (Wildman–Crippen MR) is 106 cm³/mol. The van der Waals surface area contributed by atoms with Crippen molar-refractivity contribution in [1.29, 1.82) is 0 Å². The quantitative estimate of drug-likeness (QED) is 0.631. The number of halogens is 1. The van der Waals surface area contributed by atoms with Gasteiger partial charge in [0.25, 0.3) is 0 Å². The third-order valence-electron chi connectivity index (χ3n) is 5.10. The molecule has 138 valence electrons. The molecule has 2 aliphatic rings. The molecular weight excluding hydrogens is 408 g/mol. The van der Waals surface area contributed by atoms with Gasteiger partial charge in [-0.3, -0.25) is 9.69 Å². The van der Waals surface area contributed by atoms with Crippen LogP contribution >= 0.6 is 15.9 Å². The second-order valence-electron chi connectivity index (χ2n) is 7.12. The van der Waals surface area contributed by atoms with Gasteiger partial charge >= 0.3 is 0 Å². The second kappa shape index (κ2) is 6.60. The molecule has 8 heteroatoms. The summed E-state index contributed by atoms with van der Waals surface area (Å²) in [5.41, 5.74) is 3.26. The van der Waals surface area contributed by atoms with Crippen LogP contribution in [0.1, 0.15) is 42.9 Å². The standard InChI is InChI=1S/C19H19BrN6O/c20-16-9-17(23-11-22-16)21-10-14-8-15-6-13(12-3-4-12)7-18(26(15)24-14)25-5-1-2-19(25)27/h6-9,11-12H,1-5,10H2,(H,21,22,23). The Balaban J connectivity index is 1.49. The monoisotopic (exact) mass is 426 g/mol. The topological polar surface area (TPSA) is 75.4 Å². The molecule has 1 N–H and O–H groups in total. The maximum absolute atomic E-state index is 12.3. The molecule has 0 radical (unpaired) electrons. The molecule has 1 amide bonds. The molecule has 0 unspecified atom stereocenters. The Morgan fingerprint density at radius 1 is 1.19 bits per heavy atom. The number of carbonyl (C=O) groups excluding carboxylic acids is 1. The highest BCUT2D eigenvalue weighted by Gasteiger charge is 2.29. The Bertz CT molecular complexity index is 1030. The van der Waals surface area contributed by atoms with Crippen LogP contribution in [0.2, 0.25) is 0 Å². The molecule has 0 spiro atoms. The summed E-state index contributed by atoms with van der Waals surface area (Å²) < 4.78 is 2.64. The van der Waals surface area contributed by atoms with E-state index in [1.54, 1.807) is 0 Å². The van der Waals surface area contributed by atoms with Gasteiger partial charge in [0.15, 0.2) is 0 Å². The lowest BCUT2D eigenvalue weighted by Gasteiger charge is -2.18. The Hall–Kier alpha value is -2.48. The average Bonchev–Trinajstić information content (AvgIpc) is 3.29. The van der Waals surface area contributed by atoms with Crippen molar-refractivity contribution in [3.05, 3.63) is 46.5 Å². The third kappa shape index (κ3) is 3.29. The summed E-state index contributed by atoms with van der Waals surface area (Å²) in [6.07, 6.45) is 5.50. The Morgan fingerprint density at radius 2 is 2.07 bits per heavy atom. The maximum Gasteiger partial charge on any atom is 0.228 e. The van der Waals surface area contributed by atoms with Crippen molar-refractivity contribution in [3.8, 4) is 0 Å². The van der Waals surface area contributed by atoms with Gasteiger partial charge in [0.2, 0.25) is 5.91 Å². The summed E-state index contributed by atoms with van der Waals surface area (Å²) >= 11 is 3.35. The van der Waals surface area contributed by atoms with E-state index in [0.717, 1.165) is 40.4 Å². The molecular formula is C19H19BrN6O. The zero-order chi connectivity index (χ0) is 18.4. The van der Waals surface area contributed by atoms with E-state index < -0.39 is 0 Å². The van der Waals surface area contributed by atoms with Gasteiger partial charge in [-0.05, 0) is 64.9 Å². The zero-order valence-electron chi connectivity index (χ0n) is 14.7. The molecule has 0 aromatic carbocycles. The number of pyridine rings is 1. The van der Waals surface area contributed by atoms with Gasteiger partial charge < -0.3 is 5.32 Å². The van der Waals surface area contributed by atoms with E-state index >= 15 is 0 Å². The van der Waals surface area contributed by atoms with E-state index in [1.807, 2.05) is 15.5 Å². The van der Waals surface area contributed by atoms with E-state index in [0.29, 0.717) is 18.9 Å². The van der Waals surface area contributed by atoms with Crippen LogP contribution in [0.5, 0.6) is 0 Å². The van der Waals surface area contributed by atoms with Crippen molar-refractivity contribution >= 4 is 39.0 Å². The number of carbonyl (C=O) groups is 1. The molecule has 7 nitrogen and oxygen atoms in total. The molecule has 27 heavy (non-hydrogen) atoms. The number of fused-ring (bicyclic) bond motifs is 1. The fourth-order valence-electron chi connectivity index (χ4n) is 3.59. The highest BCUT2D eigenvalue weighted by atomic mass is 79.9. The van der Waals surface area contributed by atoms with Gasteiger partial charge in [0, 0.05) is 19.0 Å². The highest BCUT2D eigenvalue weighted by Crippen LogP contribution is 2.42. The van der Waals surface area contributed by atoms with Crippen LogP contribution in [0.15, 0.2) is 35.2 Å². The minimum Gasteiger partial charge on any atom is -0.364 e. The first-order chi connectivity index (χ1) is 13.2. The minimum absolute atomic E-state index is 0.185. The van der Waals surface area contributed by atoms with Gasteiger partial charge in [-0.15, -0.1) is 0 Å². The molecule has 1 saturated heterocycles. The van der Waals surface area contributed by atoms with Crippen molar-refractivity contribution in [2.45, 2.75) is 38.1 Å². The molecule has 3 aromatic rings. The van der Waals surface area contributed by atoms with Crippen LogP contribution in [0.25, 0.3) is 5.52 Å². The number of anilines is 2. The van der Waals surface area contributed by atoms with Gasteiger partial charge in [0.1, 0.15) is 22.6 Å². The summed E-state index contributed by atoms with van der Waals surface area (Å²) in [5, 5.41) is 8.03. The molecule has 1 saturated carbocycles. The lowest BCUT2D eigenvalue weighted by atomic mass is 10.1. The van der Waals surface area contributed by atoms with Crippen LogP contribution in [-0.2, 0) is 11.3 Å². The molecule has 0 atom stereocenters. The van der Waals surface area contributed by atoms with Crippen LogP contribution < -0.4 is 10.2 Å². The Kier molecular flexibility index (Phi) is 4.07. The van der Waals surface area contributed by atoms with Gasteiger partial charge in [-0.2, -0.15) is 5.10 Å². The number of nitrogens with one attached hydrogen (secondary N) is 1. The highest BCUT2D eigenvalue weighted by molar-refractivity contribution is 9.10. The molecule has 0 bridgehead atoms. The largest absolute Gasteiger partial charge is 0.364 e. The van der Waals surface area contributed by atoms with Crippen molar-refractivity contribution in [3.63, 3.8) is 0 Å². The normalized spacial score (nSPS) is 17.1. The van der Waals surface area contributed by atoms with Gasteiger partial charge in [-0.25, -0.2) is 14.5 Å². The summed E-state index contributed by atoms with van der Waals surface area (Å²) in [6.45, 7) is 1.32. The molecule has 5 rings (SSSR count). The van der Waals surface area contributed by atoms with Crippen LogP contribution in [0.4, 0.5) is 11.6 Å². The number of nitrogens with zero attached hydrogens (tertiary/aromatic N) is 5. The smallest absolute Gasteiger partial charge is 0.228 e. The number of hydrogen-bond acceptors (Lipinski definition) is 5. The first kappa shape index (κ1) is 16.7. The first-order valence-corrected chi connectivity index (χ1v) is 10.0. The molecule has 4 heterocycles. The van der Waals surface area contributed by atoms with Gasteiger partial charge in [-0.1, -0.05) is 0 Å². The first-order valence-electron chi connectivity index (χ1n) is 9.22. The minimum atomic E-state index is 0.185. The van der Waals surface area contributed by atoms with Crippen LogP contribution in [-0.4, -0.2) is 32.0 Å². The fraction of sp³-hybridized carbons (Fsp3) is 0.368. The lowest BCUT2D eigenvalue weighted by Crippen LogP contribution is -2.26. The number of hydrogen-bond donors (Lipinski definition) is 1. The fourth-order valence-corrected chi connectivity index (χ4v) is 3.90. The molecule has 1 aliphatic carbocycles. The second-order valence-corrected chi connectivity index (χ2v) is 7.93. The lowest BCUT2D eigenvalue weighted by molar-refractivity contribution is -0.117. The number of aromatic nitrogens is 4. The molecule has 3 aromatic heterocycles. The average molecular weight is 427 g/mol. The van der Waals surface area contributed by atoms with Gasteiger partial charge in [0.05, 0.1) is 17.8 Å². The number of rotatable bonds is 5. The van der Waals surface area contributed by atoms with Crippen LogP contribution in [0.3, 0.4) is 0 Å². The Morgan fingerprint density at radius 3 is 2.81 bits per heavy atom.